The molecule has 2 atom stereocenters. The largest absolute Gasteiger partial charge is 0.372 e. The molecule has 0 bridgehead atoms. The molecule has 3 heterocycles. The van der Waals surface area contributed by atoms with Crippen molar-refractivity contribution < 1.29 is 14.3 Å². The van der Waals surface area contributed by atoms with Crippen LogP contribution in [0.25, 0.3) is 5.57 Å². The van der Waals surface area contributed by atoms with Crippen molar-refractivity contribution in [1.29, 1.82) is 0 Å². The van der Waals surface area contributed by atoms with Crippen LogP contribution in [-0.2, 0) is 14.3 Å². The molecule has 0 saturated carbocycles. The summed E-state index contributed by atoms with van der Waals surface area (Å²) in [5, 5.41) is 0.640. The Balaban J connectivity index is 1.72. The molecular formula is C20H20BrN3O3S. The summed E-state index contributed by atoms with van der Waals surface area (Å²) in [6.07, 6.45) is 1.80. The highest BCUT2D eigenvalue weighted by Crippen LogP contribution is 2.44. The van der Waals surface area contributed by atoms with Crippen LogP contribution < -0.4 is 4.90 Å². The zero-order valence-corrected chi connectivity index (χ0v) is 18.0. The van der Waals surface area contributed by atoms with Gasteiger partial charge < -0.3 is 14.5 Å². The molecule has 0 aliphatic carbocycles. The van der Waals surface area contributed by atoms with Gasteiger partial charge in [0.15, 0.2) is 5.17 Å². The standard InChI is InChI=1S/C20H20BrN3O3S/c1-4-7-24-15-6-5-13(21)8-14(15)16(19(24)26)17-18(25)22-20(28-17)23-9-11(2)27-12(3)10-23/h4-6,8,11-12H,1,7,9-10H2,2-3H3. The number of benzene rings is 1. The van der Waals surface area contributed by atoms with E-state index < -0.39 is 0 Å². The quantitative estimate of drug-likeness (QED) is 0.498. The monoisotopic (exact) mass is 461 g/mol. The third-order valence-corrected chi connectivity index (χ3v) is 6.40. The molecule has 0 spiro atoms. The summed E-state index contributed by atoms with van der Waals surface area (Å²) in [5.41, 5.74) is 1.95. The van der Waals surface area contributed by atoms with E-state index in [0.717, 1.165) is 15.7 Å². The van der Waals surface area contributed by atoms with Crippen molar-refractivity contribution >= 4 is 55.9 Å². The molecule has 1 aromatic carbocycles. The Morgan fingerprint density at radius 3 is 2.71 bits per heavy atom. The number of hydrogen-bond acceptors (Lipinski definition) is 5. The van der Waals surface area contributed by atoms with Gasteiger partial charge in [0.2, 0.25) is 0 Å². The number of amidine groups is 1. The van der Waals surface area contributed by atoms with E-state index >= 15 is 0 Å². The number of aliphatic imine (C=N–C) groups is 1. The van der Waals surface area contributed by atoms with Gasteiger partial charge in [-0.05, 0) is 43.8 Å². The third kappa shape index (κ3) is 3.33. The number of thioether (sulfide) groups is 1. The number of carbonyl (C=O) groups excluding carboxylic acids is 2. The minimum atomic E-state index is -0.360. The number of anilines is 1. The summed E-state index contributed by atoms with van der Waals surface area (Å²) < 4.78 is 6.62. The molecule has 2 amide bonds. The molecule has 4 rings (SSSR count). The van der Waals surface area contributed by atoms with E-state index in [9.17, 15) is 9.59 Å². The lowest BCUT2D eigenvalue weighted by Gasteiger charge is -2.35. The van der Waals surface area contributed by atoms with E-state index in [2.05, 4.69) is 32.4 Å². The number of hydrogen-bond donors (Lipinski definition) is 0. The van der Waals surface area contributed by atoms with Crippen LogP contribution in [0.15, 0.2) is 45.2 Å². The summed E-state index contributed by atoms with van der Waals surface area (Å²) >= 11 is 4.75. The summed E-state index contributed by atoms with van der Waals surface area (Å²) in [7, 11) is 0. The van der Waals surface area contributed by atoms with E-state index in [4.69, 9.17) is 4.74 Å². The Kier molecular flexibility index (Phi) is 5.20. The van der Waals surface area contributed by atoms with Crippen LogP contribution in [0.2, 0.25) is 0 Å². The van der Waals surface area contributed by atoms with Crippen molar-refractivity contribution in [3.05, 3.63) is 45.8 Å². The van der Waals surface area contributed by atoms with Gasteiger partial charge in [-0.1, -0.05) is 22.0 Å². The number of morpholine rings is 1. The van der Waals surface area contributed by atoms with Gasteiger partial charge in [0.25, 0.3) is 11.8 Å². The lowest BCUT2D eigenvalue weighted by Crippen LogP contribution is -2.47. The van der Waals surface area contributed by atoms with Gasteiger partial charge in [0.1, 0.15) is 0 Å². The molecule has 28 heavy (non-hydrogen) atoms. The van der Waals surface area contributed by atoms with Crippen molar-refractivity contribution in [2.45, 2.75) is 26.1 Å². The zero-order valence-electron chi connectivity index (χ0n) is 15.6. The lowest BCUT2D eigenvalue weighted by molar-refractivity contribution is -0.115. The maximum atomic E-state index is 13.1. The average Bonchev–Trinajstić information content (AvgIpc) is 3.12. The molecule has 1 aromatic rings. The fraction of sp³-hybridized carbons (Fsp3) is 0.350. The molecule has 146 valence electrons. The summed E-state index contributed by atoms with van der Waals surface area (Å²) in [6.45, 7) is 9.48. The molecule has 0 N–H and O–H groups in total. The van der Waals surface area contributed by atoms with Crippen LogP contribution in [0.4, 0.5) is 5.69 Å². The Hall–Kier alpha value is -1.90. The Morgan fingerprint density at radius 1 is 1.32 bits per heavy atom. The maximum Gasteiger partial charge on any atom is 0.287 e. The first-order valence-corrected chi connectivity index (χ1v) is 10.7. The van der Waals surface area contributed by atoms with Crippen LogP contribution >= 0.6 is 27.7 Å². The van der Waals surface area contributed by atoms with Crippen LogP contribution in [-0.4, -0.2) is 53.7 Å². The maximum absolute atomic E-state index is 13.1. The predicted molar refractivity (Wildman–Crippen MR) is 115 cm³/mol. The van der Waals surface area contributed by atoms with Crippen molar-refractivity contribution in [1.82, 2.24) is 4.90 Å². The number of fused-ring (bicyclic) bond motifs is 1. The molecule has 3 aliphatic heterocycles. The molecule has 0 aromatic heterocycles. The fourth-order valence-electron chi connectivity index (χ4n) is 3.76. The van der Waals surface area contributed by atoms with Crippen LogP contribution in [0.1, 0.15) is 19.4 Å². The predicted octanol–water partition coefficient (Wildman–Crippen LogP) is 3.43. The van der Waals surface area contributed by atoms with Gasteiger partial charge in [-0.15, -0.1) is 6.58 Å². The van der Waals surface area contributed by atoms with E-state index in [1.165, 1.54) is 11.8 Å². The smallest absolute Gasteiger partial charge is 0.287 e. The zero-order chi connectivity index (χ0) is 20.0. The van der Waals surface area contributed by atoms with E-state index in [-0.39, 0.29) is 24.0 Å². The second-order valence-corrected chi connectivity index (χ2v) is 8.93. The van der Waals surface area contributed by atoms with E-state index in [1.54, 1.807) is 11.0 Å². The van der Waals surface area contributed by atoms with Crippen LogP contribution in [0.5, 0.6) is 0 Å². The third-order valence-electron chi connectivity index (χ3n) is 4.79. The first kappa shape index (κ1) is 19.4. The topological polar surface area (TPSA) is 62.2 Å². The molecule has 1 fully saturated rings. The van der Waals surface area contributed by atoms with E-state index in [1.807, 2.05) is 32.0 Å². The molecule has 0 radical (unpaired) electrons. The molecular weight excluding hydrogens is 442 g/mol. The molecule has 3 aliphatic rings. The van der Waals surface area contributed by atoms with Gasteiger partial charge in [-0.3, -0.25) is 9.59 Å². The van der Waals surface area contributed by atoms with Gasteiger partial charge in [0.05, 0.1) is 28.4 Å². The molecule has 8 heteroatoms. The normalized spacial score (nSPS) is 27.3. The number of nitrogens with zero attached hydrogens (tertiary/aromatic N) is 3. The van der Waals surface area contributed by atoms with Crippen LogP contribution in [0, 0.1) is 0 Å². The Morgan fingerprint density at radius 2 is 2.04 bits per heavy atom. The minimum absolute atomic E-state index is 0.0618. The van der Waals surface area contributed by atoms with Crippen molar-refractivity contribution in [2.24, 2.45) is 4.99 Å². The first-order chi connectivity index (χ1) is 13.4. The van der Waals surface area contributed by atoms with Crippen molar-refractivity contribution in [3.63, 3.8) is 0 Å². The number of ether oxygens (including phenoxy) is 1. The fourth-order valence-corrected chi connectivity index (χ4v) is 5.14. The SMILES string of the molecule is C=CCN1C(=O)C(=C2SC(N3CC(C)OC(C)C3)=NC2=O)c2cc(Br)ccc21. The number of amides is 2. The number of halogens is 1. The lowest BCUT2D eigenvalue weighted by atomic mass is 10.1. The van der Waals surface area contributed by atoms with E-state index in [0.29, 0.717) is 35.3 Å². The van der Waals surface area contributed by atoms with Crippen molar-refractivity contribution in [3.8, 4) is 0 Å². The van der Waals surface area contributed by atoms with Crippen LogP contribution in [0.3, 0.4) is 0 Å². The second kappa shape index (κ2) is 7.50. The Bertz CT molecular complexity index is 933. The number of carbonyl (C=O) groups is 2. The second-order valence-electron chi connectivity index (χ2n) is 7.03. The molecule has 6 nitrogen and oxygen atoms in total. The highest BCUT2D eigenvalue weighted by atomic mass is 79.9. The number of rotatable bonds is 2. The van der Waals surface area contributed by atoms with Crippen molar-refractivity contribution in [2.75, 3.05) is 24.5 Å². The van der Waals surface area contributed by atoms with Gasteiger partial charge in [0, 0.05) is 29.7 Å². The summed E-state index contributed by atoms with van der Waals surface area (Å²) in [4.78, 5) is 34.2. The molecule has 2 unspecified atom stereocenters. The summed E-state index contributed by atoms with van der Waals surface area (Å²) in [6, 6.07) is 5.65. The van der Waals surface area contributed by atoms with Gasteiger partial charge in [-0.2, -0.15) is 4.99 Å². The molecule has 1 saturated heterocycles. The highest BCUT2D eigenvalue weighted by Gasteiger charge is 2.40. The van der Waals surface area contributed by atoms with Gasteiger partial charge in [-0.25, -0.2) is 0 Å². The Labute approximate surface area is 176 Å². The first-order valence-electron chi connectivity index (χ1n) is 9.07. The average molecular weight is 462 g/mol. The minimum Gasteiger partial charge on any atom is -0.372 e. The van der Waals surface area contributed by atoms with Gasteiger partial charge >= 0.3 is 0 Å². The highest BCUT2D eigenvalue weighted by molar-refractivity contribution is 9.10. The summed E-state index contributed by atoms with van der Waals surface area (Å²) in [5.74, 6) is -0.550.